The van der Waals surface area contributed by atoms with Gasteiger partial charge in [-0.05, 0) is 31.2 Å². The van der Waals surface area contributed by atoms with Crippen LogP contribution >= 0.6 is 0 Å². The molecule has 2 N–H and O–H groups in total. The molecule has 0 unspecified atom stereocenters. The molecule has 0 aliphatic rings. The number of aromatic amines is 1. The topological polar surface area (TPSA) is 70.7 Å². The van der Waals surface area contributed by atoms with E-state index in [4.69, 9.17) is 0 Å². The maximum Gasteiger partial charge on any atom is 0.257 e. The van der Waals surface area contributed by atoms with Gasteiger partial charge in [-0.25, -0.2) is 4.98 Å². The van der Waals surface area contributed by atoms with Gasteiger partial charge >= 0.3 is 0 Å². The lowest BCUT2D eigenvalue weighted by Gasteiger charge is -2.06. The highest BCUT2D eigenvalue weighted by Crippen LogP contribution is 2.21. The monoisotopic (exact) mass is 278 g/mol. The number of anilines is 1. The van der Waals surface area contributed by atoms with Crippen molar-refractivity contribution in [3.05, 3.63) is 66.4 Å². The van der Waals surface area contributed by atoms with E-state index < -0.39 is 0 Å². The Labute approximate surface area is 122 Å². The maximum absolute atomic E-state index is 12.0. The van der Waals surface area contributed by atoms with Gasteiger partial charge < -0.3 is 10.3 Å². The third-order valence-electron chi connectivity index (χ3n) is 3.17. The molecular formula is C16H14N4O. The van der Waals surface area contributed by atoms with Crippen molar-refractivity contribution in [3.8, 4) is 11.3 Å². The smallest absolute Gasteiger partial charge is 0.257 e. The highest BCUT2D eigenvalue weighted by Gasteiger charge is 2.07. The minimum atomic E-state index is -0.174. The van der Waals surface area contributed by atoms with Crippen molar-refractivity contribution in [2.45, 2.75) is 6.92 Å². The molecule has 0 radical (unpaired) electrons. The summed E-state index contributed by atoms with van der Waals surface area (Å²) in [5.41, 5.74) is 4.21. The van der Waals surface area contributed by atoms with E-state index in [0.717, 1.165) is 22.6 Å². The van der Waals surface area contributed by atoms with Crippen molar-refractivity contribution in [2.75, 3.05) is 5.32 Å². The van der Waals surface area contributed by atoms with Crippen molar-refractivity contribution in [3.63, 3.8) is 0 Å². The van der Waals surface area contributed by atoms with E-state index in [0.29, 0.717) is 5.56 Å². The first-order valence-electron chi connectivity index (χ1n) is 6.56. The number of H-pyrrole nitrogens is 1. The van der Waals surface area contributed by atoms with Gasteiger partial charge in [-0.2, -0.15) is 0 Å². The van der Waals surface area contributed by atoms with E-state index in [1.165, 1.54) is 6.20 Å². The van der Waals surface area contributed by atoms with Crippen LogP contribution < -0.4 is 5.32 Å². The summed E-state index contributed by atoms with van der Waals surface area (Å²) in [6, 6.07) is 11.0. The Morgan fingerprint density at radius 2 is 2.00 bits per heavy atom. The number of carbonyl (C=O) groups excluding carboxylic acids is 1. The van der Waals surface area contributed by atoms with Crippen LogP contribution in [0.15, 0.2) is 55.1 Å². The molecule has 104 valence electrons. The highest BCUT2D eigenvalue weighted by atomic mass is 16.1. The maximum atomic E-state index is 12.0. The number of aromatic nitrogens is 3. The minimum absolute atomic E-state index is 0.174. The first-order valence-corrected chi connectivity index (χ1v) is 6.56. The number of amides is 1. The first-order chi connectivity index (χ1) is 10.2. The van der Waals surface area contributed by atoms with E-state index in [1.807, 2.05) is 31.2 Å². The molecule has 1 aromatic carbocycles. The number of carbonyl (C=O) groups is 1. The number of aryl methyl sites for hydroxylation is 1. The Balaban J connectivity index is 1.76. The molecule has 5 nitrogen and oxygen atoms in total. The summed E-state index contributed by atoms with van der Waals surface area (Å²) >= 11 is 0. The lowest BCUT2D eigenvalue weighted by Crippen LogP contribution is -2.11. The fraction of sp³-hybridized carbons (Fsp3) is 0.0625. The molecule has 0 atom stereocenters. The van der Waals surface area contributed by atoms with Crippen LogP contribution in [0.3, 0.4) is 0 Å². The third kappa shape index (κ3) is 2.81. The van der Waals surface area contributed by atoms with Crippen LogP contribution in [0.2, 0.25) is 0 Å². The zero-order valence-corrected chi connectivity index (χ0v) is 11.5. The van der Waals surface area contributed by atoms with E-state index in [-0.39, 0.29) is 5.91 Å². The number of hydrogen-bond acceptors (Lipinski definition) is 3. The zero-order chi connectivity index (χ0) is 14.7. The molecule has 0 aliphatic carbocycles. The van der Waals surface area contributed by atoms with Gasteiger partial charge in [-0.3, -0.25) is 9.78 Å². The largest absolute Gasteiger partial charge is 0.348 e. The predicted octanol–water partition coefficient (Wildman–Crippen LogP) is 3.03. The number of hydrogen-bond donors (Lipinski definition) is 2. The van der Waals surface area contributed by atoms with Crippen LogP contribution in [0.1, 0.15) is 16.1 Å². The lowest BCUT2D eigenvalue weighted by atomic mass is 10.1. The molecule has 2 heterocycles. The Kier molecular flexibility index (Phi) is 3.47. The second-order valence-electron chi connectivity index (χ2n) is 4.65. The van der Waals surface area contributed by atoms with Gasteiger partial charge in [0.25, 0.3) is 5.91 Å². The molecule has 1 amide bonds. The minimum Gasteiger partial charge on any atom is -0.348 e. The standard InChI is InChI=1S/C16H14N4O/c1-11-15(19-10-18-11)12-4-6-14(7-5-12)20-16(21)13-3-2-8-17-9-13/h2-10H,1H3,(H,18,19)(H,20,21). The molecule has 2 aromatic heterocycles. The van der Waals surface area contributed by atoms with Crippen LogP contribution in [0.4, 0.5) is 5.69 Å². The number of benzene rings is 1. The molecule has 3 rings (SSSR count). The van der Waals surface area contributed by atoms with E-state index in [1.54, 1.807) is 24.7 Å². The average Bonchev–Trinajstić information content (AvgIpc) is 2.95. The second kappa shape index (κ2) is 5.58. The second-order valence-corrected chi connectivity index (χ2v) is 4.65. The number of pyridine rings is 1. The Morgan fingerprint density at radius 1 is 1.19 bits per heavy atom. The molecule has 3 aromatic rings. The van der Waals surface area contributed by atoms with Crippen LogP contribution in [-0.2, 0) is 0 Å². The molecule has 0 bridgehead atoms. The van der Waals surface area contributed by atoms with Gasteiger partial charge in [0.15, 0.2) is 0 Å². The molecule has 5 heteroatoms. The summed E-state index contributed by atoms with van der Waals surface area (Å²) < 4.78 is 0. The predicted molar refractivity (Wildman–Crippen MR) is 81.0 cm³/mol. The normalized spacial score (nSPS) is 10.3. The SMILES string of the molecule is Cc1[nH]cnc1-c1ccc(NC(=O)c2cccnc2)cc1. The number of rotatable bonds is 3. The van der Waals surface area contributed by atoms with E-state index in [2.05, 4.69) is 20.3 Å². The summed E-state index contributed by atoms with van der Waals surface area (Å²) in [6.45, 7) is 1.97. The van der Waals surface area contributed by atoms with Crippen molar-refractivity contribution < 1.29 is 4.79 Å². The summed E-state index contributed by atoms with van der Waals surface area (Å²) in [5.74, 6) is -0.174. The molecule has 0 aliphatic heterocycles. The quantitative estimate of drug-likeness (QED) is 0.773. The van der Waals surface area contributed by atoms with Crippen molar-refractivity contribution in [2.24, 2.45) is 0 Å². The first kappa shape index (κ1) is 13.1. The zero-order valence-electron chi connectivity index (χ0n) is 11.5. The van der Waals surface area contributed by atoms with Gasteiger partial charge in [0.05, 0.1) is 17.6 Å². The summed E-state index contributed by atoms with van der Waals surface area (Å²) in [6.07, 6.45) is 4.84. The van der Waals surface area contributed by atoms with Crippen LogP contribution in [-0.4, -0.2) is 20.9 Å². The average molecular weight is 278 g/mol. The molecule has 0 spiro atoms. The van der Waals surface area contributed by atoms with Crippen molar-refractivity contribution in [1.82, 2.24) is 15.0 Å². The van der Waals surface area contributed by atoms with Crippen LogP contribution in [0, 0.1) is 6.92 Å². The lowest BCUT2D eigenvalue weighted by molar-refractivity contribution is 0.102. The molecule has 0 fully saturated rings. The fourth-order valence-corrected chi connectivity index (χ4v) is 2.06. The van der Waals surface area contributed by atoms with Crippen LogP contribution in [0.25, 0.3) is 11.3 Å². The Morgan fingerprint density at radius 3 is 2.62 bits per heavy atom. The molecule has 21 heavy (non-hydrogen) atoms. The molecule has 0 saturated heterocycles. The number of nitrogens with one attached hydrogen (secondary N) is 2. The summed E-state index contributed by atoms with van der Waals surface area (Å²) in [7, 11) is 0. The van der Waals surface area contributed by atoms with Gasteiger partial charge in [0, 0.05) is 29.3 Å². The van der Waals surface area contributed by atoms with E-state index in [9.17, 15) is 4.79 Å². The third-order valence-corrected chi connectivity index (χ3v) is 3.17. The van der Waals surface area contributed by atoms with Crippen molar-refractivity contribution >= 4 is 11.6 Å². The van der Waals surface area contributed by atoms with Gasteiger partial charge in [-0.15, -0.1) is 0 Å². The van der Waals surface area contributed by atoms with E-state index >= 15 is 0 Å². The Hall–Kier alpha value is -2.95. The Bertz CT molecular complexity index is 747. The van der Waals surface area contributed by atoms with Crippen LogP contribution in [0.5, 0.6) is 0 Å². The molecular weight excluding hydrogens is 264 g/mol. The number of nitrogens with zero attached hydrogens (tertiary/aromatic N) is 2. The fourth-order valence-electron chi connectivity index (χ4n) is 2.06. The highest BCUT2D eigenvalue weighted by molar-refractivity contribution is 6.04. The van der Waals surface area contributed by atoms with Gasteiger partial charge in [0.1, 0.15) is 0 Å². The molecule has 0 saturated carbocycles. The summed E-state index contributed by atoms with van der Waals surface area (Å²) in [4.78, 5) is 23.3. The van der Waals surface area contributed by atoms with Gasteiger partial charge in [-0.1, -0.05) is 12.1 Å². The van der Waals surface area contributed by atoms with Gasteiger partial charge in [0.2, 0.25) is 0 Å². The summed E-state index contributed by atoms with van der Waals surface area (Å²) in [5, 5.41) is 2.84. The number of imidazole rings is 1. The van der Waals surface area contributed by atoms with Crippen molar-refractivity contribution in [1.29, 1.82) is 0 Å².